The molecule has 0 radical (unpaired) electrons. The molecule has 2 aromatic carbocycles. The van der Waals surface area contributed by atoms with Gasteiger partial charge in [-0.3, -0.25) is 23.5 Å². The van der Waals surface area contributed by atoms with Crippen LogP contribution in [0.2, 0.25) is 5.02 Å². The first-order valence-corrected chi connectivity index (χ1v) is 10.4. The van der Waals surface area contributed by atoms with Gasteiger partial charge in [0.2, 0.25) is 11.8 Å². The first kappa shape index (κ1) is 21.6. The number of anilines is 1. The smallest absolute Gasteiger partial charge is 0.332 e. The molecule has 9 heteroatoms. The first-order valence-electron chi connectivity index (χ1n) is 10.0. The highest BCUT2D eigenvalue weighted by molar-refractivity contribution is 6.30. The van der Waals surface area contributed by atoms with Crippen LogP contribution in [0.15, 0.2) is 64.2 Å². The van der Waals surface area contributed by atoms with Gasteiger partial charge in [-0.15, -0.1) is 0 Å². The zero-order valence-electron chi connectivity index (χ0n) is 17.3. The maximum absolute atomic E-state index is 12.9. The van der Waals surface area contributed by atoms with E-state index < -0.39 is 23.1 Å². The summed E-state index contributed by atoms with van der Waals surface area (Å²) in [6.07, 6.45) is -0.210. The van der Waals surface area contributed by atoms with Crippen molar-refractivity contribution in [3.8, 4) is 0 Å². The van der Waals surface area contributed by atoms with Gasteiger partial charge in [-0.05, 0) is 23.3 Å². The Bertz CT molecular complexity index is 1310. The maximum atomic E-state index is 12.9. The van der Waals surface area contributed by atoms with E-state index in [9.17, 15) is 19.2 Å². The van der Waals surface area contributed by atoms with Crippen molar-refractivity contribution < 1.29 is 9.59 Å². The third kappa shape index (κ3) is 4.22. The van der Waals surface area contributed by atoms with Crippen LogP contribution in [0.4, 0.5) is 5.82 Å². The van der Waals surface area contributed by atoms with Gasteiger partial charge in [0.1, 0.15) is 5.82 Å². The minimum atomic E-state index is -0.981. The van der Waals surface area contributed by atoms with E-state index in [1.54, 1.807) is 18.2 Å². The lowest BCUT2D eigenvalue weighted by Gasteiger charge is -2.14. The highest BCUT2D eigenvalue weighted by Crippen LogP contribution is 2.31. The van der Waals surface area contributed by atoms with Gasteiger partial charge in [0.15, 0.2) is 0 Å². The second-order valence-corrected chi connectivity index (χ2v) is 8.07. The van der Waals surface area contributed by atoms with Crippen molar-refractivity contribution in [2.45, 2.75) is 25.4 Å². The van der Waals surface area contributed by atoms with E-state index in [0.29, 0.717) is 5.02 Å². The summed E-state index contributed by atoms with van der Waals surface area (Å²) in [6.45, 7) is 0.427. The lowest BCUT2D eigenvalue weighted by Crippen LogP contribution is -2.40. The lowest BCUT2D eigenvalue weighted by atomic mass is 9.99. The predicted octanol–water partition coefficient (Wildman–Crippen LogP) is 1.99. The molecule has 8 nitrogen and oxygen atoms in total. The normalized spacial score (nSPS) is 14.7. The van der Waals surface area contributed by atoms with Crippen LogP contribution >= 0.6 is 11.6 Å². The summed E-state index contributed by atoms with van der Waals surface area (Å²) < 4.78 is 2.33. The van der Waals surface area contributed by atoms with E-state index in [-0.39, 0.29) is 36.8 Å². The topological polar surface area (TPSA) is 102 Å². The first-order chi connectivity index (χ1) is 15.3. The Balaban J connectivity index is 1.60. The Morgan fingerprint density at radius 1 is 1.06 bits per heavy atom. The minimum Gasteiger partial charge on any atom is -0.352 e. The van der Waals surface area contributed by atoms with Crippen LogP contribution in [0.5, 0.6) is 0 Å². The van der Waals surface area contributed by atoms with Crippen LogP contribution < -0.4 is 21.9 Å². The zero-order valence-corrected chi connectivity index (χ0v) is 18.1. The number of amides is 2. The number of fused-ring (bicyclic) bond motifs is 1. The van der Waals surface area contributed by atoms with Crippen LogP contribution in [-0.2, 0) is 29.7 Å². The lowest BCUT2D eigenvalue weighted by molar-refractivity contribution is -0.125. The quantitative estimate of drug-likeness (QED) is 0.597. The van der Waals surface area contributed by atoms with E-state index in [1.165, 1.54) is 11.6 Å². The Hall–Kier alpha value is -3.65. The van der Waals surface area contributed by atoms with Gasteiger partial charge in [-0.25, -0.2) is 4.79 Å². The number of nitrogens with one attached hydrogen (secondary N) is 2. The summed E-state index contributed by atoms with van der Waals surface area (Å²) in [5.74, 6) is -1.70. The molecule has 0 saturated carbocycles. The van der Waals surface area contributed by atoms with Crippen LogP contribution in [0.25, 0.3) is 0 Å². The molecule has 3 aromatic rings. The molecule has 0 bridgehead atoms. The molecule has 164 valence electrons. The highest BCUT2D eigenvalue weighted by atomic mass is 35.5. The third-order valence-corrected chi connectivity index (χ3v) is 5.67. The Morgan fingerprint density at radius 2 is 1.78 bits per heavy atom. The van der Waals surface area contributed by atoms with Crippen molar-refractivity contribution in [2.24, 2.45) is 7.05 Å². The average molecular weight is 453 g/mol. The molecule has 0 unspecified atom stereocenters. The van der Waals surface area contributed by atoms with E-state index in [2.05, 4.69) is 10.6 Å². The third-order valence-electron chi connectivity index (χ3n) is 5.44. The van der Waals surface area contributed by atoms with Crippen molar-refractivity contribution in [1.82, 2.24) is 14.5 Å². The zero-order chi connectivity index (χ0) is 22.8. The molecule has 1 aliphatic rings. The summed E-state index contributed by atoms with van der Waals surface area (Å²) in [6, 6.07) is 16.3. The Labute approximate surface area is 188 Å². The number of nitrogens with zero attached hydrogens (tertiary/aromatic N) is 2. The van der Waals surface area contributed by atoms with Crippen molar-refractivity contribution in [1.29, 1.82) is 0 Å². The van der Waals surface area contributed by atoms with E-state index >= 15 is 0 Å². The number of rotatable bonds is 6. The molecule has 2 N–H and O–H groups in total. The van der Waals surface area contributed by atoms with Crippen LogP contribution in [0, 0.1) is 0 Å². The van der Waals surface area contributed by atoms with Crippen LogP contribution in [0.1, 0.15) is 29.0 Å². The fraction of sp³-hybridized carbons (Fsp3) is 0.217. The minimum absolute atomic E-state index is 0.130. The number of hydrogen-bond acceptors (Lipinski definition) is 4. The molecule has 0 spiro atoms. The highest BCUT2D eigenvalue weighted by Gasteiger charge is 2.38. The number of hydrogen-bond donors (Lipinski definition) is 2. The van der Waals surface area contributed by atoms with Gasteiger partial charge in [0, 0.05) is 25.0 Å². The number of carbonyl (C=O) groups is 2. The second-order valence-electron chi connectivity index (χ2n) is 7.63. The molecular formula is C23H21ClN4O4. The summed E-state index contributed by atoms with van der Waals surface area (Å²) in [5.41, 5.74) is 0.664. The molecule has 4 rings (SSSR count). The Kier molecular flexibility index (Phi) is 5.96. The monoisotopic (exact) mass is 452 g/mol. The molecule has 0 saturated heterocycles. The maximum Gasteiger partial charge on any atom is 0.332 e. The average Bonchev–Trinajstić information content (AvgIpc) is 3.10. The molecule has 2 amide bonds. The molecule has 2 heterocycles. The van der Waals surface area contributed by atoms with Gasteiger partial charge >= 0.3 is 5.69 Å². The SMILES string of the molecule is Cn1c(=O)c2c(n(Cc3ccccc3)c1=O)NC(=O)[C@H]2CC(=O)NCc1cccc(Cl)c1. The van der Waals surface area contributed by atoms with Gasteiger partial charge < -0.3 is 10.6 Å². The number of halogens is 1. The fourth-order valence-electron chi connectivity index (χ4n) is 3.79. The molecule has 0 aliphatic carbocycles. The van der Waals surface area contributed by atoms with E-state index in [0.717, 1.165) is 15.7 Å². The summed E-state index contributed by atoms with van der Waals surface area (Å²) in [7, 11) is 1.37. The number of aromatic nitrogens is 2. The van der Waals surface area contributed by atoms with E-state index in [1.807, 2.05) is 36.4 Å². The van der Waals surface area contributed by atoms with Crippen LogP contribution in [-0.4, -0.2) is 20.9 Å². The van der Waals surface area contributed by atoms with Gasteiger partial charge in [0.05, 0.1) is 18.0 Å². The molecule has 1 aromatic heterocycles. The second kappa shape index (κ2) is 8.84. The molecule has 32 heavy (non-hydrogen) atoms. The standard InChI is InChI=1S/C23H21ClN4O4/c1-27-22(31)19-17(11-18(29)25-12-15-8-5-9-16(24)10-15)21(30)26-20(19)28(23(27)32)13-14-6-3-2-4-7-14/h2-10,17H,11-13H2,1H3,(H,25,29)(H,26,30)/t17-/m0/s1. The van der Waals surface area contributed by atoms with E-state index in [4.69, 9.17) is 11.6 Å². The number of benzene rings is 2. The molecular weight excluding hydrogens is 432 g/mol. The Morgan fingerprint density at radius 3 is 2.50 bits per heavy atom. The van der Waals surface area contributed by atoms with Crippen LogP contribution in [0.3, 0.4) is 0 Å². The summed E-state index contributed by atoms with van der Waals surface area (Å²) >= 11 is 5.96. The summed E-state index contributed by atoms with van der Waals surface area (Å²) in [5, 5.41) is 5.95. The van der Waals surface area contributed by atoms with Gasteiger partial charge in [0.25, 0.3) is 5.56 Å². The predicted molar refractivity (Wildman–Crippen MR) is 121 cm³/mol. The summed E-state index contributed by atoms with van der Waals surface area (Å²) in [4.78, 5) is 50.9. The largest absolute Gasteiger partial charge is 0.352 e. The van der Waals surface area contributed by atoms with Crippen molar-refractivity contribution in [2.75, 3.05) is 5.32 Å². The van der Waals surface area contributed by atoms with Crippen molar-refractivity contribution >= 4 is 29.2 Å². The van der Waals surface area contributed by atoms with Gasteiger partial charge in [-0.1, -0.05) is 54.1 Å². The van der Waals surface area contributed by atoms with Crippen molar-refractivity contribution in [3.63, 3.8) is 0 Å². The number of carbonyl (C=O) groups excluding carboxylic acids is 2. The fourth-order valence-corrected chi connectivity index (χ4v) is 4.00. The van der Waals surface area contributed by atoms with Gasteiger partial charge in [-0.2, -0.15) is 0 Å². The van der Waals surface area contributed by atoms with Crippen molar-refractivity contribution in [3.05, 3.63) is 97.1 Å². The molecule has 1 atom stereocenters. The molecule has 0 fully saturated rings. The molecule has 1 aliphatic heterocycles.